The van der Waals surface area contributed by atoms with E-state index in [2.05, 4.69) is 4.98 Å². The van der Waals surface area contributed by atoms with E-state index < -0.39 is 69.6 Å². The van der Waals surface area contributed by atoms with Gasteiger partial charge in [0.2, 0.25) is 21.8 Å². The molecule has 2 aliphatic heterocycles. The van der Waals surface area contributed by atoms with Gasteiger partial charge in [0.15, 0.2) is 17.3 Å². The summed E-state index contributed by atoms with van der Waals surface area (Å²) in [5.41, 5.74) is 5.07. The number of halogens is 7. The fraction of sp³-hybridized carbons (Fsp3) is 0.522. The molecule has 2 aliphatic rings. The fourth-order valence-corrected chi connectivity index (χ4v) is 5.60. The van der Waals surface area contributed by atoms with Crippen molar-refractivity contribution in [3.63, 3.8) is 0 Å². The number of benzene rings is 1. The zero-order valence-corrected chi connectivity index (χ0v) is 23.3. The van der Waals surface area contributed by atoms with E-state index in [4.69, 9.17) is 5.73 Å². The lowest BCUT2D eigenvalue weighted by Gasteiger charge is -2.34. The number of hydrogen-bond donors (Lipinski definition) is 1. The second kappa shape index (κ2) is 12.1. The first-order valence-electron chi connectivity index (χ1n) is 12.1. The van der Waals surface area contributed by atoms with Gasteiger partial charge in [-0.05, 0) is 18.1 Å². The van der Waals surface area contributed by atoms with Crippen LogP contribution in [0.1, 0.15) is 34.0 Å². The number of alkyl halides is 3. The summed E-state index contributed by atoms with van der Waals surface area (Å²) in [6.07, 6.45) is -4.56. The topological polar surface area (TPSA) is 122 Å². The molecule has 0 radical (unpaired) electrons. The van der Waals surface area contributed by atoms with Crippen LogP contribution in [0.3, 0.4) is 0 Å². The highest BCUT2D eigenvalue weighted by molar-refractivity contribution is 7.88. The molecular formula is C23H27ClF6N6O4S. The van der Waals surface area contributed by atoms with Crippen LogP contribution < -0.4 is 5.73 Å². The van der Waals surface area contributed by atoms with Crippen LogP contribution in [0.5, 0.6) is 0 Å². The van der Waals surface area contributed by atoms with E-state index in [9.17, 15) is 44.3 Å². The maximum atomic E-state index is 14.0. The lowest BCUT2D eigenvalue weighted by Crippen LogP contribution is -2.50. The van der Waals surface area contributed by atoms with E-state index in [1.54, 1.807) is 0 Å². The number of piperazine rings is 1. The van der Waals surface area contributed by atoms with Crippen LogP contribution >= 0.6 is 12.4 Å². The number of aromatic nitrogens is 2. The lowest BCUT2D eigenvalue weighted by molar-refractivity contribution is -0.148. The fourth-order valence-electron chi connectivity index (χ4n) is 4.77. The number of hydrogen-bond acceptors (Lipinski definition) is 6. The molecule has 1 aromatic heterocycles. The van der Waals surface area contributed by atoms with Gasteiger partial charge >= 0.3 is 6.18 Å². The monoisotopic (exact) mass is 632 g/mol. The first-order chi connectivity index (χ1) is 18.6. The Labute approximate surface area is 237 Å². The lowest BCUT2D eigenvalue weighted by atomic mass is 10.0. The van der Waals surface area contributed by atoms with E-state index in [1.165, 1.54) is 9.80 Å². The average Bonchev–Trinajstić information content (AvgIpc) is 3.26. The van der Waals surface area contributed by atoms with Gasteiger partial charge in [-0.2, -0.15) is 17.5 Å². The van der Waals surface area contributed by atoms with Gasteiger partial charge in [-0.1, -0.05) is 0 Å². The molecule has 4 rings (SSSR count). The molecule has 3 heterocycles. The second-order valence-corrected chi connectivity index (χ2v) is 11.7. The Kier molecular flexibility index (Phi) is 9.67. The quantitative estimate of drug-likeness (QED) is 0.383. The summed E-state index contributed by atoms with van der Waals surface area (Å²) in [4.78, 5) is 32.1. The van der Waals surface area contributed by atoms with Crippen LogP contribution in [-0.4, -0.2) is 88.9 Å². The summed E-state index contributed by atoms with van der Waals surface area (Å²) in [6.45, 7) is -1.04. The second-order valence-electron chi connectivity index (χ2n) is 9.68. The highest BCUT2D eigenvalue weighted by Crippen LogP contribution is 2.33. The highest BCUT2D eigenvalue weighted by atomic mass is 35.5. The van der Waals surface area contributed by atoms with Gasteiger partial charge in [0, 0.05) is 57.8 Å². The van der Waals surface area contributed by atoms with Gasteiger partial charge in [0.05, 0.1) is 18.5 Å². The third kappa shape index (κ3) is 7.13. The van der Waals surface area contributed by atoms with Crippen LogP contribution in [-0.2, 0) is 40.5 Å². The minimum atomic E-state index is -4.88. The zero-order valence-electron chi connectivity index (χ0n) is 21.6. The number of sulfonamides is 1. The van der Waals surface area contributed by atoms with Crippen molar-refractivity contribution in [3.8, 4) is 0 Å². The van der Waals surface area contributed by atoms with Crippen molar-refractivity contribution in [2.24, 2.45) is 5.73 Å². The van der Waals surface area contributed by atoms with E-state index >= 15 is 0 Å². The summed E-state index contributed by atoms with van der Waals surface area (Å²) >= 11 is 0. The average molecular weight is 633 g/mol. The smallest absolute Gasteiger partial charge is 0.335 e. The molecule has 1 atom stereocenters. The van der Waals surface area contributed by atoms with Crippen molar-refractivity contribution >= 4 is 34.2 Å². The van der Waals surface area contributed by atoms with E-state index in [1.807, 2.05) is 0 Å². The zero-order chi connectivity index (χ0) is 29.6. The molecule has 228 valence electrons. The number of carbonyl (C=O) groups is 2. The van der Waals surface area contributed by atoms with Crippen LogP contribution in [0.2, 0.25) is 0 Å². The Hall–Kier alpha value is -2.89. The molecule has 1 saturated heterocycles. The van der Waals surface area contributed by atoms with Gasteiger partial charge < -0.3 is 20.1 Å². The molecule has 2 N–H and O–H groups in total. The molecule has 18 heteroatoms. The van der Waals surface area contributed by atoms with Crippen LogP contribution in [0.4, 0.5) is 26.3 Å². The number of nitrogens with two attached hydrogens (primary N) is 1. The van der Waals surface area contributed by atoms with Crippen molar-refractivity contribution in [2.45, 2.75) is 38.1 Å². The largest absolute Gasteiger partial charge is 0.449 e. The molecular weight excluding hydrogens is 606 g/mol. The minimum absolute atomic E-state index is 0. The van der Waals surface area contributed by atoms with Crippen LogP contribution in [0, 0.1) is 17.5 Å². The molecule has 0 bridgehead atoms. The Bertz CT molecular complexity index is 1430. The molecule has 2 aromatic rings. The third-order valence-electron chi connectivity index (χ3n) is 6.82. The van der Waals surface area contributed by atoms with Crippen molar-refractivity contribution in [1.29, 1.82) is 0 Å². The summed E-state index contributed by atoms with van der Waals surface area (Å²) in [5, 5.41) is 0. The predicted molar refractivity (Wildman–Crippen MR) is 135 cm³/mol. The predicted octanol–water partition coefficient (Wildman–Crippen LogP) is 1.76. The SMILES string of the molecule is CS(=O)(=O)N1CCN(C(=O)c2nc(C(F)(F)F)n3c2CN(C(=O)CC(N)Cc2cc(F)c(F)cc2F)CC3)CC1.Cl. The molecule has 1 fully saturated rings. The summed E-state index contributed by atoms with van der Waals surface area (Å²) < 4.78 is 107. The van der Waals surface area contributed by atoms with E-state index in [-0.39, 0.29) is 75.8 Å². The van der Waals surface area contributed by atoms with Gasteiger partial charge in [0.1, 0.15) is 5.82 Å². The number of amides is 2. The van der Waals surface area contributed by atoms with Crippen molar-refractivity contribution in [1.82, 2.24) is 23.7 Å². The number of imidazole rings is 1. The number of fused-ring (bicyclic) bond motifs is 1. The number of rotatable bonds is 6. The van der Waals surface area contributed by atoms with Crippen LogP contribution in [0.15, 0.2) is 12.1 Å². The normalized spacial score (nSPS) is 17.2. The van der Waals surface area contributed by atoms with Crippen molar-refractivity contribution < 1.29 is 44.3 Å². The standard InChI is InChI=1S/C23H26F6N6O4S.ClH/c1-40(38,39)34-5-2-32(3-6-34)21(37)20-18-12-33(4-7-35(18)22(31-20)23(27,28)29)19(36)10-14(30)8-13-9-16(25)17(26)11-15(13)24;/h9,11,14H,2-8,10,12,30H2,1H3;1H. The first-order valence-corrected chi connectivity index (χ1v) is 14.0. The Morgan fingerprint density at radius 1 is 0.976 bits per heavy atom. The van der Waals surface area contributed by atoms with Gasteiger partial charge in [-0.15, -0.1) is 12.4 Å². The first kappa shape index (κ1) is 32.6. The maximum absolute atomic E-state index is 14.0. The third-order valence-corrected chi connectivity index (χ3v) is 8.12. The minimum Gasteiger partial charge on any atom is -0.335 e. The summed E-state index contributed by atoms with van der Waals surface area (Å²) in [5.74, 6) is -6.42. The van der Waals surface area contributed by atoms with Gasteiger partial charge in [-0.25, -0.2) is 26.6 Å². The Morgan fingerprint density at radius 3 is 2.15 bits per heavy atom. The molecule has 41 heavy (non-hydrogen) atoms. The summed E-state index contributed by atoms with van der Waals surface area (Å²) in [6, 6.07) is -0.0134. The van der Waals surface area contributed by atoms with Gasteiger partial charge in [-0.3, -0.25) is 9.59 Å². The molecule has 1 aromatic carbocycles. The van der Waals surface area contributed by atoms with Crippen molar-refractivity contribution in [3.05, 3.63) is 52.4 Å². The number of nitrogens with zero attached hydrogens (tertiary/aromatic N) is 5. The van der Waals surface area contributed by atoms with E-state index in [0.29, 0.717) is 12.1 Å². The van der Waals surface area contributed by atoms with Crippen LogP contribution in [0.25, 0.3) is 0 Å². The molecule has 2 amide bonds. The molecule has 0 saturated carbocycles. The number of carbonyl (C=O) groups excluding carboxylic acids is 2. The molecule has 10 nitrogen and oxygen atoms in total. The maximum Gasteiger partial charge on any atom is 0.449 e. The summed E-state index contributed by atoms with van der Waals surface area (Å²) in [7, 11) is -3.51. The van der Waals surface area contributed by atoms with Gasteiger partial charge in [0.25, 0.3) is 5.91 Å². The molecule has 1 unspecified atom stereocenters. The molecule has 0 aliphatic carbocycles. The molecule has 0 spiro atoms. The Morgan fingerprint density at radius 2 is 1.56 bits per heavy atom. The highest BCUT2D eigenvalue weighted by Gasteiger charge is 2.42. The van der Waals surface area contributed by atoms with E-state index in [0.717, 1.165) is 15.1 Å². The Balaban J connectivity index is 0.00000462. The van der Waals surface area contributed by atoms with Crippen molar-refractivity contribution in [2.75, 3.05) is 39.0 Å².